The molecule has 0 radical (unpaired) electrons. The molecular weight excluding hydrogens is 88.1 g/mol. The van der Waals surface area contributed by atoms with Crippen molar-refractivity contribution in [1.82, 2.24) is 9.97 Å². The summed E-state index contributed by atoms with van der Waals surface area (Å²) in [5, 5.41) is 0. The topological polar surface area (TPSA) is 28.7 Å². The van der Waals surface area contributed by atoms with Gasteiger partial charge in [-0.05, 0) is 0 Å². The fraction of sp³-hybridized carbons (Fsp3) is 0. The fourth-order valence-corrected chi connectivity index (χ4v) is 0.215. The summed E-state index contributed by atoms with van der Waals surface area (Å²) in [7, 11) is 0. The van der Waals surface area contributed by atoms with Gasteiger partial charge in [0.15, 0.2) is 0 Å². The largest absolute Gasteiger partial charge is 0.351 e. The number of aromatic amines is 1. The Morgan fingerprint density at radius 1 is 1.43 bits per heavy atom. The second kappa shape index (κ2) is 4.77. The van der Waals surface area contributed by atoms with Crippen molar-refractivity contribution in [3.63, 3.8) is 0 Å². The summed E-state index contributed by atoms with van der Waals surface area (Å²) in [5.41, 5.74) is 0. The molecule has 1 aromatic heterocycles. The van der Waals surface area contributed by atoms with Gasteiger partial charge in [-0.2, -0.15) is 0 Å². The van der Waals surface area contributed by atoms with Crippen LogP contribution in [0.5, 0.6) is 0 Å². The highest BCUT2D eigenvalue weighted by Gasteiger charge is 1.56. The van der Waals surface area contributed by atoms with E-state index in [-0.39, 0.29) is 0 Å². The minimum atomic E-state index is 1.62. The first-order valence-electron chi connectivity index (χ1n) is 1.76. The molecule has 0 saturated carbocycles. The predicted octanol–water partition coefficient (Wildman–Crippen LogP) is 0.659. The first-order valence-corrected chi connectivity index (χ1v) is 1.76. The van der Waals surface area contributed by atoms with Crippen LogP contribution >= 0.6 is 0 Å². The maximum Gasteiger partial charge on any atom is 0.0919 e. The van der Waals surface area contributed by atoms with Crippen LogP contribution in [0.15, 0.2) is 18.7 Å². The van der Waals surface area contributed by atoms with E-state index < -0.39 is 0 Å². The van der Waals surface area contributed by atoms with Gasteiger partial charge in [0.25, 0.3) is 0 Å². The molecule has 1 rings (SSSR count). The van der Waals surface area contributed by atoms with Gasteiger partial charge in [0, 0.05) is 12.4 Å². The normalized spacial score (nSPS) is 6.00. The van der Waals surface area contributed by atoms with Crippen LogP contribution in [0.2, 0.25) is 0 Å². The van der Waals surface area contributed by atoms with Crippen LogP contribution in [0.4, 0.5) is 0 Å². The molecule has 2 nitrogen and oxygen atoms in total. The lowest BCUT2D eigenvalue weighted by Crippen LogP contribution is -1.44. The Kier molecular flexibility index (Phi) is 3.93. The van der Waals surface area contributed by atoms with Gasteiger partial charge in [-0.15, -0.1) is 12.8 Å². The molecule has 0 saturated heterocycles. The van der Waals surface area contributed by atoms with Crippen molar-refractivity contribution in [2.75, 3.05) is 0 Å². The average molecular weight is 94.1 g/mol. The van der Waals surface area contributed by atoms with E-state index in [0.29, 0.717) is 0 Å². The van der Waals surface area contributed by atoms with Crippen molar-refractivity contribution < 1.29 is 0 Å². The number of terminal acetylenes is 1. The zero-order valence-corrected chi connectivity index (χ0v) is 3.83. The van der Waals surface area contributed by atoms with Crippen molar-refractivity contribution in [2.45, 2.75) is 0 Å². The Morgan fingerprint density at radius 3 is 2.29 bits per heavy atom. The first kappa shape index (κ1) is 5.77. The van der Waals surface area contributed by atoms with Crippen LogP contribution in [0.3, 0.4) is 0 Å². The molecule has 0 spiro atoms. The van der Waals surface area contributed by atoms with Crippen molar-refractivity contribution in [1.29, 1.82) is 0 Å². The molecular formula is C5H6N2. The van der Waals surface area contributed by atoms with E-state index in [1.807, 2.05) is 0 Å². The molecule has 0 bridgehead atoms. The molecule has 0 aliphatic rings. The zero-order valence-electron chi connectivity index (χ0n) is 3.83. The highest BCUT2D eigenvalue weighted by Crippen LogP contribution is 1.62. The molecule has 7 heavy (non-hydrogen) atoms. The summed E-state index contributed by atoms with van der Waals surface area (Å²) in [6, 6.07) is 0. The van der Waals surface area contributed by atoms with Gasteiger partial charge in [0.1, 0.15) is 0 Å². The summed E-state index contributed by atoms with van der Waals surface area (Å²) >= 11 is 0. The SMILES string of the molecule is C#C.c1c[nH]cn1. The highest BCUT2D eigenvalue weighted by atomic mass is 14.8. The van der Waals surface area contributed by atoms with Crippen molar-refractivity contribution in [3.05, 3.63) is 18.7 Å². The Bertz CT molecular complexity index is 89.7. The third-order valence-corrected chi connectivity index (χ3v) is 0.406. The third kappa shape index (κ3) is 2.58. The summed E-state index contributed by atoms with van der Waals surface area (Å²) in [6.45, 7) is 0. The maximum atomic E-state index is 4.00. The van der Waals surface area contributed by atoms with E-state index >= 15 is 0 Å². The number of nitrogens with one attached hydrogen (secondary N) is 1. The van der Waals surface area contributed by atoms with Crippen LogP contribution in [0.1, 0.15) is 0 Å². The average Bonchev–Trinajstić information content (AvgIpc) is 2.23. The highest BCUT2D eigenvalue weighted by molar-refractivity contribution is 4.64. The Hall–Kier alpha value is -1.23. The minimum Gasteiger partial charge on any atom is -0.351 e. The smallest absolute Gasteiger partial charge is 0.0919 e. The number of hydrogen-bond acceptors (Lipinski definition) is 1. The standard InChI is InChI=1S/C3H4N2.C2H2/c1-2-5-3-4-1;1-2/h1-3H,(H,4,5);1-2H. The van der Waals surface area contributed by atoms with E-state index in [4.69, 9.17) is 0 Å². The number of H-pyrrole nitrogens is 1. The van der Waals surface area contributed by atoms with E-state index in [1.54, 1.807) is 18.7 Å². The van der Waals surface area contributed by atoms with E-state index in [9.17, 15) is 0 Å². The van der Waals surface area contributed by atoms with Crippen LogP contribution < -0.4 is 0 Å². The van der Waals surface area contributed by atoms with Gasteiger partial charge in [0.05, 0.1) is 6.33 Å². The zero-order chi connectivity index (χ0) is 5.54. The Morgan fingerprint density at radius 2 is 2.14 bits per heavy atom. The van der Waals surface area contributed by atoms with E-state index in [0.717, 1.165) is 0 Å². The van der Waals surface area contributed by atoms with Crippen molar-refractivity contribution in [3.8, 4) is 12.8 Å². The Balaban J connectivity index is 0.000000162. The molecule has 2 heteroatoms. The number of rotatable bonds is 0. The lowest BCUT2D eigenvalue weighted by molar-refractivity contribution is 1.31. The van der Waals surface area contributed by atoms with Crippen LogP contribution in [-0.4, -0.2) is 9.97 Å². The summed E-state index contributed by atoms with van der Waals surface area (Å²) < 4.78 is 0. The van der Waals surface area contributed by atoms with Crippen LogP contribution in [0, 0.1) is 12.8 Å². The number of nitrogens with zero attached hydrogens (tertiary/aromatic N) is 1. The molecule has 1 heterocycles. The van der Waals surface area contributed by atoms with Gasteiger partial charge >= 0.3 is 0 Å². The summed E-state index contributed by atoms with van der Waals surface area (Å²) in [4.78, 5) is 6.42. The van der Waals surface area contributed by atoms with Gasteiger partial charge in [0.2, 0.25) is 0 Å². The van der Waals surface area contributed by atoms with Crippen LogP contribution in [0.25, 0.3) is 0 Å². The lowest BCUT2D eigenvalue weighted by atomic mass is 11.0. The van der Waals surface area contributed by atoms with Gasteiger partial charge in [-0.25, -0.2) is 4.98 Å². The lowest BCUT2D eigenvalue weighted by Gasteiger charge is -1.46. The molecule has 0 unspecified atom stereocenters. The quantitative estimate of drug-likeness (QED) is 0.470. The fourth-order valence-electron chi connectivity index (χ4n) is 0.215. The number of hydrogen-bond donors (Lipinski definition) is 1. The molecule has 0 aliphatic heterocycles. The molecule has 0 amide bonds. The minimum absolute atomic E-state index is 1.62. The van der Waals surface area contributed by atoms with Gasteiger partial charge < -0.3 is 4.98 Å². The second-order valence-corrected chi connectivity index (χ2v) is 0.761. The third-order valence-electron chi connectivity index (χ3n) is 0.406. The Labute approximate surface area is 42.6 Å². The predicted molar refractivity (Wildman–Crippen MR) is 28.5 cm³/mol. The molecule has 1 N–H and O–H groups in total. The molecule has 36 valence electrons. The summed E-state index contributed by atoms with van der Waals surface area (Å²) in [6.07, 6.45) is 13.1. The maximum absolute atomic E-state index is 4.00. The van der Waals surface area contributed by atoms with Crippen LogP contribution in [-0.2, 0) is 0 Å². The first-order chi connectivity index (χ1) is 3.50. The number of imidazole rings is 1. The van der Waals surface area contributed by atoms with Gasteiger partial charge in [-0.1, -0.05) is 0 Å². The summed E-state index contributed by atoms with van der Waals surface area (Å²) in [5.74, 6) is 0. The van der Waals surface area contributed by atoms with Crippen molar-refractivity contribution >= 4 is 0 Å². The molecule has 0 fully saturated rings. The molecule has 1 aromatic rings. The van der Waals surface area contributed by atoms with E-state index in [2.05, 4.69) is 22.8 Å². The molecule has 0 aliphatic carbocycles. The second-order valence-electron chi connectivity index (χ2n) is 0.761. The molecule has 0 atom stereocenters. The van der Waals surface area contributed by atoms with Gasteiger partial charge in [-0.3, -0.25) is 0 Å². The van der Waals surface area contributed by atoms with Crippen molar-refractivity contribution in [2.24, 2.45) is 0 Å². The monoisotopic (exact) mass is 94.1 g/mol. The van der Waals surface area contributed by atoms with E-state index in [1.165, 1.54) is 0 Å². The number of aromatic nitrogens is 2. The molecule has 0 aromatic carbocycles.